The fourth-order valence-corrected chi connectivity index (χ4v) is 3.71. The van der Waals surface area contributed by atoms with Crippen molar-refractivity contribution in [1.29, 1.82) is 0 Å². The molecule has 2 aromatic carbocycles. The van der Waals surface area contributed by atoms with Crippen molar-refractivity contribution in [3.05, 3.63) is 65.9 Å². The largest absolute Gasteiger partial charge is 0.497 e. The molecule has 0 atom stereocenters. The third-order valence-corrected chi connectivity index (χ3v) is 5.43. The lowest BCUT2D eigenvalue weighted by Crippen LogP contribution is -2.30. The summed E-state index contributed by atoms with van der Waals surface area (Å²) >= 11 is 0. The summed E-state index contributed by atoms with van der Waals surface area (Å²) in [6.45, 7) is 3.59. The van der Waals surface area contributed by atoms with Gasteiger partial charge in [-0.15, -0.1) is 0 Å². The van der Waals surface area contributed by atoms with E-state index >= 15 is 0 Å². The third-order valence-electron chi connectivity index (χ3n) is 5.43. The molecule has 160 valence electrons. The Kier molecular flexibility index (Phi) is 8.33. The molecule has 0 spiro atoms. The van der Waals surface area contributed by atoms with Crippen molar-refractivity contribution in [1.82, 2.24) is 4.90 Å². The third kappa shape index (κ3) is 6.36. The molecule has 30 heavy (non-hydrogen) atoms. The van der Waals surface area contributed by atoms with Crippen LogP contribution >= 0.6 is 0 Å². The molecular formula is C25H31NO4. The molecule has 1 heterocycles. The van der Waals surface area contributed by atoms with Gasteiger partial charge in [0.1, 0.15) is 17.2 Å². The number of nitrogens with zero attached hydrogens (tertiary/aromatic N) is 1. The first-order chi connectivity index (χ1) is 14.7. The number of carbonyl (C=O) groups is 1. The smallest absolute Gasteiger partial charge is 0.188 e. The molecule has 5 nitrogen and oxygen atoms in total. The highest BCUT2D eigenvalue weighted by molar-refractivity contribution is 6.04. The Labute approximate surface area is 179 Å². The number of carbonyl (C=O) groups excluding carboxylic acids is 1. The van der Waals surface area contributed by atoms with Crippen LogP contribution in [0.1, 0.15) is 41.6 Å². The molecule has 0 saturated carbocycles. The van der Waals surface area contributed by atoms with E-state index in [1.165, 1.54) is 50.3 Å². The Hall–Kier alpha value is -2.79. The Balaban J connectivity index is 1.51. The highest BCUT2D eigenvalue weighted by Crippen LogP contribution is 2.26. The van der Waals surface area contributed by atoms with Crippen LogP contribution < -0.4 is 14.2 Å². The maximum atomic E-state index is 12.2. The van der Waals surface area contributed by atoms with Crippen molar-refractivity contribution in [3.63, 3.8) is 0 Å². The van der Waals surface area contributed by atoms with Gasteiger partial charge in [0.2, 0.25) is 0 Å². The van der Waals surface area contributed by atoms with Crippen LogP contribution in [0.5, 0.6) is 17.2 Å². The fourth-order valence-electron chi connectivity index (χ4n) is 3.71. The Morgan fingerprint density at radius 3 is 2.40 bits per heavy atom. The second kappa shape index (κ2) is 11.4. The maximum absolute atomic E-state index is 12.2. The van der Waals surface area contributed by atoms with E-state index in [1.54, 1.807) is 38.5 Å². The molecule has 1 aliphatic heterocycles. The molecule has 0 bridgehead atoms. The molecule has 0 aliphatic carbocycles. The lowest BCUT2D eigenvalue weighted by atomic mass is 10.1. The van der Waals surface area contributed by atoms with Crippen LogP contribution in [-0.2, 0) is 6.42 Å². The van der Waals surface area contributed by atoms with E-state index in [9.17, 15) is 4.79 Å². The monoisotopic (exact) mass is 409 g/mol. The molecule has 5 heteroatoms. The van der Waals surface area contributed by atoms with Crippen LogP contribution in [0.15, 0.2) is 54.8 Å². The molecule has 0 radical (unpaired) electrons. The Bertz CT molecular complexity index is 839. The van der Waals surface area contributed by atoms with Crippen molar-refractivity contribution in [3.8, 4) is 17.2 Å². The number of hydrogen-bond donors (Lipinski definition) is 0. The van der Waals surface area contributed by atoms with Gasteiger partial charge >= 0.3 is 0 Å². The number of ketones is 1. The summed E-state index contributed by atoms with van der Waals surface area (Å²) in [6, 6.07) is 12.8. The summed E-state index contributed by atoms with van der Waals surface area (Å²) < 4.78 is 16.3. The van der Waals surface area contributed by atoms with Crippen LogP contribution in [0, 0.1) is 0 Å². The number of ether oxygens (including phenoxy) is 3. The van der Waals surface area contributed by atoms with Gasteiger partial charge in [-0.05, 0) is 81.2 Å². The maximum Gasteiger partial charge on any atom is 0.188 e. The highest BCUT2D eigenvalue weighted by Gasteiger charge is 2.11. The van der Waals surface area contributed by atoms with Crippen molar-refractivity contribution >= 4 is 5.78 Å². The average Bonchev–Trinajstić information content (AvgIpc) is 2.80. The average molecular weight is 410 g/mol. The van der Waals surface area contributed by atoms with Gasteiger partial charge in [0, 0.05) is 17.7 Å². The van der Waals surface area contributed by atoms with Crippen LogP contribution in [0.25, 0.3) is 0 Å². The van der Waals surface area contributed by atoms with Crippen molar-refractivity contribution in [2.24, 2.45) is 0 Å². The van der Waals surface area contributed by atoms with E-state index < -0.39 is 0 Å². The summed E-state index contributed by atoms with van der Waals surface area (Å²) in [4.78, 5) is 14.8. The van der Waals surface area contributed by atoms with Gasteiger partial charge in [0.05, 0.1) is 20.5 Å². The minimum absolute atomic E-state index is 0.126. The van der Waals surface area contributed by atoms with E-state index in [-0.39, 0.29) is 5.78 Å². The topological polar surface area (TPSA) is 48.0 Å². The van der Waals surface area contributed by atoms with E-state index in [4.69, 9.17) is 14.2 Å². The number of piperidine rings is 1. The van der Waals surface area contributed by atoms with Crippen molar-refractivity contribution < 1.29 is 19.0 Å². The normalized spacial score (nSPS) is 14.6. The summed E-state index contributed by atoms with van der Waals surface area (Å²) in [5.74, 6) is 2.06. The first-order valence-electron chi connectivity index (χ1n) is 10.6. The molecule has 2 aromatic rings. The quantitative estimate of drug-likeness (QED) is 0.317. The Morgan fingerprint density at radius 1 is 0.967 bits per heavy atom. The van der Waals surface area contributed by atoms with Crippen molar-refractivity contribution in [2.45, 2.75) is 32.1 Å². The number of rotatable bonds is 10. The number of benzene rings is 2. The van der Waals surface area contributed by atoms with E-state index in [1.807, 2.05) is 18.2 Å². The summed E-state index contributed by atoms with van der Waals surface area (Å²) in [5, 5.41) is 0. The van der Waals surface area contributed by atoms with Gasteiger partial charge < -0.3 is 19.1 Å². The molecule has 0 N–H and O–H groups in total. The van der Waals surface area contributed by atoms with Crippen LogP contribution in [-0.4, -0.2) is 44.5 Å². The SMILES string of the molecule is COc1ccc(C(=O)/C=C/Oc2ccc(CCCN3CCCCC3)c(OC)c2)cc1. The van der Waals surface area contributed by atoms with Gasteiger partial charge in [-0.2, -0.15) is 0 Å². The molecule has 0 aromatic heterocycles. The predicted molar refractivity (Wildman–Crippen MR) is 119 cm³/mol. The molecular weight excluding hydrogens is 378 g/mol. The number of likely N-dealkylation sites (tertiary alicyclic amines) is 1. The lowest BCUT2D eigenvalue weighted by Gasteiger charge is -2.26. The number of hydrogen-bond acceptors (Lipinski definition) is 5. The zero-order valence-electron chi connectivity index (χ0n) is 17.9. The van der Waals surface area contributed by atoms with E-state index in [0.717, 1.165) is 30.9 Å². The molecule has 3 rings (SSSR count). The van der Waals surface area contributed by atoms with Crippen LogP contribution in [0.2, 0.25) is 0 Å². The van der Waals surface area contributed by atoms with Crippen LogP contribution in [0.3, 0.4) is 0 Å². The molecule has 0 amide bonds. The number of allylic oxidation sites excluding steroid dienone is 1. The van der Waals surface area contributed by atoms with Gasteiger partial charge in [-0.1, -0.05) is 12.5 Å². The van der Waals surface area contributed by atoms with Gasteiger partial charge in [-0.25, -0.2) is 0 Å². The first-order valence-corrected chi connectivity index (χ1v) is 10.6. The lowest BCUT2D eigenvalue weighted by molar-refractivity contribution is 0.104. The predicted octanol–water partition coefficient (Wildman–Crippen LogP) is 4.90. The fraction of sp³-hybridized carbons (Fsp3) is 0.400. The van der Waals surface area contributed by atoms with Crippen molar-refractivity contribution in [2.75, 3.05) is 33.9 Å². The summed E-state index contributed by atoms with van der Waals surface area (Å²) in [6.07, 6.45) is 8.94. The standard InChI is InChI=1S/C25H31NO4/c1-28-22-11-8-20(9-12-22)24(27)14-18-30-23-13-10-21(25(19-23)29-2)7-6-17-26-15-4-3-5-16-26/h8-14,18-19H,3-7,15-17H2,1-2H3/b18-14+. The Morgan fingerprint density at radius 2 is 1.70 bits per heavy atom. The molecule has 0 unspecified atom stereocenters. The second-order valence-electron chi connectivity index (χ2n) is 7.49. The highest BCUT2D eigenvalue weighted by atomic mass is 16.5. The number of methoxy groups -OCH3 is 2. The van der Waals surface area contributed by atoms with Gasteiger partial charge in [0.25, 0.3) is 0 Å². The summed E-state index contributed by atoms with van der Waals surface area (Å²) in [5.41, 5.74) is 1.76. The van der Waals surface area contributed by atoms with Gasteiger partial charge in [0.15, 0.2) is 5.78 Å². The minimum atomic E-state index is -0.126. The van der Waals surface area contributed by atoms with Gasteiger partial charge in [-0.3, -0.25) is 4.79 Å². The van der Waals surface area contributed by atoms with Crippen LogP contribution in [0.4, 0.5) is 0 Å². The zero-order chi connectivity index (χ0) is 21.2. The molecule has 1 aliphatic rings. The molecule has 1 fully saturated rings. The first kappa shape index (κ1) is 21.9. The second-order valence-corrected chi connectivity index (χ2v) is 7.49. The molecule has 1 saturated heterocycles. The van der Waals surface area contributed by atoms with E-state index in [2.05, 4.69) is 4.90 Å². The zero-order valence-corrected chi connectivity index (χ0v) is 17.9. The minimum Gasteiger partial charge on any atom is -0.497 e. The number of aryl methyl sites for hydroxylation is 1. The summed E-state index contributed by atoms with van der Waals surface area (Å²) in [7, 11) is 3.27. The van der Waals surface area contributed by atoms with E-state index in [0.29, 0.717) is 11.3 Å².